The van der Waals surface area contributed by atoms with Gasteiger partial charge in [0.05, 0.1) is 16.7 Å². The largest absolute Gasteiger partial charge is 0.341 e. The highest BCUT2D eigenvalue weighted by atomic mass is 15.2. The third kappa shape index (κ3) is 8.81. The highest BCUT2D eigenvalue weighted by Gasteiger charge is 2.26. The van der Waals surface area contributed by atoms with Crippen LogP contribution in [-0.4, -0.2) is 11.1 Å². The third-order valence-electron chi connectivity index (χ3n) is 15.3. The van der Waals surface area contributed by atoms with Gasteiger partial charge in [0.2, 0.25) is 0 Å². The van der Waals surface area contributed by atoms with Gasteiger partial charge in [-0.25, -0.2) is 0 Å². The summed E-state index contributed by atoms with van der Waals surface area (Å²) in [7, 11) is 0. The number of aryl methyl sites for hydroxylation is 1. The lowest BCUT2D eigenvalue weighted by Crippen LogP contribution is -2.23. The SMILES string of the molecule is CC/C=C\C=C(/C)N1C/C=C\CCC(C)c2cc(N(C3=CCCc4ccccc43)c3ccc(-c4ccc(N(c5ccc6c(c5)c5ccccc5n6-c5ccccc5)c5cccc6ccccc56)cc4)cc3)ccc21. The molecule has 74 heavy (non-hydrogen) atoms. The molecular formula is C70H62N4. The molecule has 1 aliphatic carbocycles. The van der Waals surface area contributed by atoms with Crippen LogP contribution in [0.3, 0.4) is 0 Å². The van der Waals surface area contributed by atoms with Crippen LogP contribution in [0.15, 0.2) is 248 Å². The van der Waals surface area contributed by atoms with E-state index in [1.54, 1.807) is 0 Å². The molecule has 1 aliphatic heterocycles. The van der Waals surface area contributed by atoms with E-state index in [0.29, 0.717) is 5.92 Å². The summed E-state index contributed by atoms with van der Waals surface area (Å²) in [5.74, 6) is 0.384. The van der Waals surface area contributed by atoms with Gasteiger partial charge in [-0.1, -0.05) is 166 Å². The number of fused-ring (bicyclic) bond motifs is 6. The Morgan fingerprint density at radius 3 is 2.05 bits per heavy atom. The number of rotatable bonds is 11. The minimum absolute atomic E-state index is 0.384. The van der Waals surface area contributed by atoms with E-state index in [0.717, 1.165) is 67.1 Å². The standard InChI is InChI=1S/C70H62N4/c1-4-5-8-22-51(3)71-47-18-7-9-21-50(2)64-48-59(43-45-66(64)71)72(67-33-19-25-54-23-12-14-29-61(54)67)57-39-35-52(36-40-57)53-37-41-58(42-38-53)73(68-34-20-26-55-24-13-15-30-62(55)68)60-44-46-70-65(49-60)63-31-16-17-32-69(63)74(70)56-27-10-6-11-28-56/h5-8,10-18,20,22-24,26-46,48-50H,4,9,19,21,25,47H2,1-3H3/b8-5-,18-7-,51-22+. The monoisotopic (exact) mass is 958 g/mol. The zero-order valence-electron chi connectivity index (χ0n) is 42.7. The van der Waals surface area contributed by atoms with Crippen molar-refractivity contribution in [2.24, 2.45) is 0 Å². The number of allylic oxidation sites excluding steroid dienone is 6. The van der Waals surface area contributed by atoms with E-state index >= 15 is 0 Å². The molecule has 0 saturated heterocycles. The number of benzene rings is 9. The van der Waals surface area contributed by atoms with Crippen molar-refractivity contribution >= 4 is 72.4 Å². The van der Waals surface area contributed by atoms with Crippen LogP contribution in [0.5, 0.6) is 0 Å². The van der Waals surface area contributed by atoms with Gasteiger partial charge >= 0.3 is 0 Å². The zero-order valence-corrected chi connectivity index (χ0v) is 42.7. The minimum atomic E-state index is 0.384. The highest BCUT2D eigenvalue weighted by Crippen LogP contribution is 2.45. The molecule has 4 nitrogen and oxygen atoms in total. The maximum absolute atomic E-state index is 2.51. The van der Waals surface area contributed by atoms with Crippen LogP contribution in [0.1, 0.15) is 69.1 Å². The lowest BCUT2D eigenvalue weighted by atomic mass is 9.91. The van der Waals surface area contributed by atoms with Crippen molar-refractivity contribution in [2.75, 3.05) is 21.2 Å². The Hall–Kier alpha value is -8.60. The zero-order chi connectivity index (χ0) is 50.0. The molecule has 0 amide bonds. The summed E-state index contributed by atoms with van der Waals surface area (Å²) in [6.07, 6.45) is 19.1. The van der Waals surface area contributed by atoms with E-state index in [9.17, 15) is 0 Å². The van der Waals surface area contributed by atoms with Gasteiger partial charge in [0.1, 0.15) is 0 Å². The molecule has 2 heterocycles. The Labute approximate surface area is 436 Å². The Bertz CT molecular complexity index is 3770. The molecule has 9 aromatic carbocycles. The van der Waals surface area contributed by atoms with E-state index in [1.165, 1.54) is 83.2 Å². The van der Waals surface area contributed by atoms with Crippen LogP contribution in [0.25, 0.3) is 55.1 Å². The first kappa shape index (κ1) is 46.5. The highest BCUT2D eigenvalue weighted by molar-refractivity contribution is 6.11. The van der Waals surface area contributed by atoms with Crippen LogP contribution in [0.4, 0.5) is 34.1 Å². The normalized spacial score (nSPS) is 15.3. The molecular weight excluding hydrogens is 897 g/mol. The predicted molar refractivity (Wildman–Crippen MR) is 317 cm³/mol. The number of hydrogen-bond donors (Lipinski definition) is 0. The molecule has 0 spiro atoms. The second-order valence-corrected chi connectivity index (χ2v) is 19.9. The fourth-order valence-corrected chi connectivity index (χ4v) is 11.5. The summed E-state index contributed by atoms with van der Waals surface area (Å²) in [6, 6.07) is 76.4. The Balaban J connectivity index is 0.929. The van der Waals surface area contributed by atoms with Crippen molar-refractivity contribution in [2.45, 2.75) is 58.8 Å². The quantitative estimate of drug-likeness (QED) is 0.0948. The van der Waals surface area contributed by atoms with Crippen LogP contribution >= 0.6 is 0 Å². The number of nitrogens with zero attached hydrogens (tertiary/aromatic N) is 4. The Morgan fingerprint density at radius 1 is 0.581 bits per heavy atom. The first-order valence-corrected chi connectivity index (χ1v) is 26.6. The van der Waals surface area contributed by atoms with E-state index in [2.05, 4.69) is 283 Å². The molecule has 1 aromatic heterocycles. The first-order valence-electron chi connectivity index (χ1n) is 26.6. The first-order chi connectivity index (χ1) is 36.5. The van der Waals surface area contributed by atoms with Gasteiger partial charge < -0.3 is 19.3 Å². The molecule has 0 N–H and O–H groups in total. The lowest BCUT2D eigenvalue weighted by Gasteiger charge is -2.34. The molecule has 2 aliphatic rings. The number of anilines is 6. The predicted octanol–water partition coefficient (Wildman–Crippen LogP) is 19.3. The maximum Gasteiger partial charge on any atom is 0.0542 e. The van der Waals surface area contributed by atoms with Crippen LogP contribution in [0, 0.1) is 0 Å². The van der Waals surface area contributed by atoms with Gasteiger partial charge in [-0.15, -0.1) is 0 Å². The summed E-state index contributed by atoms with van der Waals surface area (Å²) in [4.78, 5) is 7.43. The van der Waals surface area contributed by atoms with Gasteiger partial charge in [0.25, 0.3) is 0 Å². The van der Waals surface area contributed by atoms with Gasteiger partial charge in [0, 0.05) is 73.8 Å². The van der Waals surface area contributed by atoms with Crippen LogP contribution in [-0.2, 0) is 6.42 Å². The van der Waals surface area contributed by atoms with Crippen molar-refractivity contribution in [3.63, 3.8) is 0 Å². The fraction of sp³-hybridized carbons (Fsp3) is 0.143. The van der Waals surface area contributed by atoms with Gasteiger partial charge in [-0.05, 0) is 164 Å². The summed E-state index contributed by atoms with van der Waals surface area (Å²) >= 11 is 0. The molecule has 1 atom stereocenters. The van der Waals surface area contributed by atoms with Crippen molar-refractivity contribution in [3.8, 4) is 16.8 Å². The lowest BCUT2D eigenvalue weighted by molar-refractivity contribution is 0.692. The maximum atomic E-state index is 2.51. The minimum Gasteiger partial charge on any atom is -0.341 e. The third-order valence-corrected chi connectivity index (χ3v) is 15.3. The van der Waals surface area contributed by atoms with Crippen LogP contribution < -0.4 is 14.7 Å². The van der Waals surface area contributed by atoms with Gasteiger partial charge in [-0.2, -0.15) is 0 Å². The van der Waals surface area contributed by atoms with Crippen molar-refractivity contribution in [1.82, 2.24) is 4.57 Å². The molecule has 0 fully saturated rings. The topological polar surface area (TPSA) is 14.7 Å². The second kappa shape index (κ2) is 20.5. The molecule has 362 valence electrons. The molecule has 4 heteroatoms. The summed E-state index contributed by atoms with van der Waals surface area (Å²) in [5.41, 5.74) is 19.5. The van der Waals surface area contributed by atoms with Crippen molar-refractivity contribution < 1.29 is 0 Å². The molecule has 10 aromatic rings. The Morgan fingerprint density at radius 2 is 1.24 bits per heavy atom. The van der Waals surface area contributed by atoms with Crippen molar-refractivity contribution in [3.05, 3.63) is 265 Å². The molecule has 12 rings (SSSR count). The van der Waals surface area contributed by atoms with Crippen LogP contribution in [0.2, 0.25) is 0 Å². The van der Waals surface area contributed by atoms with Crippen molar-refractivity contribution in [1.29, 1.82) is 0 Å². The second-order valence-electron chi connectivity index (χ2n) is 19.9. The summed E-state index contributed by atoms with van der Waals surface area (Å²) < 4.78 is 2.38. The number of hydrogen-bond acceptors (Lipinski definition) is 3. The average Bonchev–Trinajstić information content (AvgIpc) is 3.82. The number of para-hydroxylation sites is 2. The molecule has 0 radical (unpaired) electrons. The molecule has 0 saturated carbocycles. The van der Waals surface area contributed by atoms with Gasteiger partial charge in [-0.3, -0.25) is 0 Å². The molecule has 1 unspecified atom stereocenters. The summed E-state index contributed by atoms with van der Waals surface area (Å²) in [6.45, 7) is 7.69. The van der Waals surface area contributed by atoms with E-state index in [-0.39, 0.29) is 0 Å². The summed E-state index contributed by atoms with van der Waals surface area (Å²) in [5, 5.41) is 4.87. The average molecular weight is 959 g/mol. The molecule has 0 bridgehead atoms. The van der Waals surface area contributed by atoms with E-state index in [4.69, 9.17) is 0 Å². The van der Waals surface area contributed by atoms with E-state index in [1.807, 2.05) is 0 Å². The fourth-order valence-electron chi connectivity index (χ4n) is 11.5. The smallest absolute Gasteiger partial charge is 0.0542 e. The number of aromatic nitrogens is 1. The van der Waals surface area contributed by atoms with E-state index < -0.39 is 0 Å². The van der Waals surface area contributed by atoms with Gasteiger partial charge in [0.15, 0.2) is 0 Å². The Kier molecular flexibility index (Phi) is 12.9.